The van der Waals surface area contributed by atoms with Crippen molar-refractivity contribution < 1.29 is 0 Å². The number of rotatable bonds is 23. The molecule has 0 aliphatic rings. The summed E-state index contributed by atoms with van der Waals surface area (Å²) in [5.74, 6) is 1.84. The van der Waals surface area contributed by atoms with Gasteiger partial charge in [-0.25, -0.2) is 0 Å². The summed E-state index contributed by atoms with van der Waals surface area (Å²) in [6.45, 7) is 9.47. The second kappa shape index (κ2) is 24.0. The van der Waals surface area contributed by atoms with Crippen LogP contribution < -0.4 is 0 Å². The van der Waals surface area contributed by atoms with Crippen LogP contribution in [0.1, 0.15) is 163 Å². The lowest BCUT2D eigenvalue weighted by Gasteiger charge is -2.11. The van der Waals surface area contributed by atoms with E-state index in [-0.39, 0.29) is 0 Å². The van der Waals surface area contributed by atoms with Crippen molar-refractivity contribution in [3.63, 3.8) is 0 Å². The summed E-state index contributed by atoms with van der Waals surface area (Å²) >= 11 is 0. The Morgan fingerprint density at radius 1 is 0.448 bits per heavy atom. The van der Waals surface area contributed by atoms with Gasteiger partial charge < -0.3 is 0 Å². The monoisotopic (exact) mass is 406 g/mol. The topological polar surface area (TPSA) is 0 Å². The third-order valence-corrected chi connectivity index (χ3v) is 6.60. The van der Waals surface area contributed by atoms with Crippen LogP contribution in [-0.2, 0) is 0 Å². The fourth-order valence-corrected chi connectivity index (χ4v) is 4.37. The Kier molecular flexibility index (Phi) is 23.8. The van der Waals surface area contributed by atoms with Gasteiger partial charge >= 0.3 is 0 Å². The van der Waals surface area contributed by atoms with Crippen molar-refractivity contribution in [1.29, 1.82) is 0 Å². The quantitative estimate of drug-likeness (QED) is 0.117. The van der Waals surface area contributed by atoms with E-state index in [1.807, 2.05) is 0 Å². The molecule has 0 nitrogen and oxygen atoms in total. The van der Waals surface area contributed by atoms with Crippen molar-refractivity contribution in [2.75, 3.05) is 0 Å². The molecule has 0 rings (SSSR count). The molecule has 0 heterocycles. The van der Waals surface area contributed by atoms with E-state index in [4.69, 9.17) is 0 Å². The van der Waals surface area contributed by atoms with Crippen molar-refractivity contribution in [3.05, 3.63) is 12.2 Å². The first-order valence-corrected chi connectivity index (χ1v) is 13.9. The molecule has 0 bridgehead atoms. The van der Waals surface area contributed by atoms with Crippen LogP contribution in [0.5, 0.6) is 0 Å². The van der Waals surface area contributed by atoms with Gasteiger partial charge in [-0.3, -0.25) is 0 Å². The summed E-state index contributed by atoms with van der Waals surface area (Å²) in [5.41, 5.74) is 0. The molecule has 174 valence electrons. The zero-order chi connectivity index (χ0) is 21.4. The van der Waals surface area contributed by atoms with E-state index in [0.717, 1.165) is 11.8 Å². The average molecular weight is 407 g/mol. The molecule has 2 atom stereocenters. The zero-order valence-electron chi connectivity index (χ0n) is 21.2. The molecule has 0 aliphatic carbocycles. The van der Waals surface area contributed by atoms with Crippen molar-refractivity contribution in [1.82, 2.24) is 0 Å². The van der Waals surface area contributed by atoms with E-state index < -0.39 is 0 Å². The Bertz CT molecular complexity index is 316. The molecule has 0 radical (unpaired) electrons. The van der Waals surface area contributed by atoms with Crippen LogP contribution in [0.25, 0.3) is 0 Å². The smallest absolute Gasteiger partial charge is 0.0325 e. The molecule has 0 saturated heterocycles. The third kappa shape index (κ3) is 23.9. The average Bonchev–Trinajstić information content (AvgIpc) is 2.72. The molecule has 0 spiro atoms. The normalized spacial score (nSPS) is 13.9. The second-order valence-corrected chi connectivity index (χ2v) is 10.0. The number of hydrogen-bond donors (Lipinski definition) is 0. The first-order chi connectivity index (χ1) is 14.2. The lowest BCUT2D eigenvalue weighted by Crippen LogP contribution is -1.95. The molecular formula is C29H58. The summed E-state index contributed by atoms with van der Waals surface area (Å²) in [5, 5.41) is 0. The molecule has 2 unspecified atom stereocenters. The highest BCUT2D eigenvalue weighted by atomic mass is 14.1. The maximum Gasteiger partial charge on any atom is -0.0325 e. The van der Waals surface area contributed by atoms with Crippen LogP contribution >= 0.6 is 0 Å². The SMILES string of the molecule is CCCC=CCC(C)CCCCCCCCC(C)CCCCCCCCCCC. The largest absolute Gasteiger partial charge is 0.0885 e. The van der Waals surface area contributed by atoms with Gasteiger partial charge in [-0.2, -0.15) is 0 Å². The molecule has 0 heteroatoms. The maximum absolute atomic E-state index is 2.49. The van der Waals surface area contributed by atoms with Crippen LogP contribution in [-0.4, -0.2) is 0 Å². The summed E-state index contributed by atoms with van der Waals surface area (Å²) in [6, 6.07) is 0. The molecule has 0 N–H and O–H groups in total. The lowest BCUT2D eigenvalue weighted by atomic mass is 9.95. The minimum atomic E-state index is 0.880. The molecule has 29 heavy (non-hydrogen) atoms. The summed E-state index contributed by atoms with van der Waals surface area (Å²) in [4.78, 5) is 0. The molecule has 0 aromatic rings. The Morgan fingerprint density at radius 3 is 1.31 bits per heavy atom. The molecule has 0 fully saturated rings. The molecule has 0 aromatic heterocycles. The third-order valence-electron chi connectivity index (χ3n) is 6.60. The minimum absolute atomic E-state index is 0.880. The number of allylic oxidation sites excluding steroid dienone is 2. The van der Waals surface area contributed by atoms with Crippen molar-refractivity contribution in [2.45, 2.75) is 163 Å². The van der Waals surface area contributed by atoms with Crippen LogP contribution in [0.3, 0.4) is 0 Å². The van der Waals surface area contributed by atoms with Crippen LogP contribution in [0.2, 0.25) is 0 Å². The molecule has 0 amide bonds. The van der Waals surface area contributed by atoms with Gasteiger partial charge in [0.2, 0.25) is 0 Å². The van der Waals surface area contributed by atoms with Crippen LogP contribution in [0.15, 0.2) is 12.2 Å². The van der Waals surface area contributed by atoms with Crippen molar-refractivity contribution in [3.8, 4) is 0 Å². The van der Waals surface area contributed by atoms with E-state index in [1.165, 1.54) is 135 Å². The van der Waals surface area contributed by atoms with E-state index in [9.17, 15) is 0 Å². The van der Waals surface area contributed by atoms with E-state index >= 15 is 0 Å². The minimum Gasteiger partial charge on any atom is -0.0885 e. The molecule has 0 saturated carbocycles. The summed E-state index contributed by atoms with van der Waals surface area (Å²) in [6.07, 6.45) is 34.9. The highest BCUT2D eigenvalue weighted by molar-refractivity contribution is 4.82. The van der Waals surface area contributed by atoms with Gasteiger partial charge in [0.05, 0.1) is 0 Å². The maximum atomic E-state index is 2.49. The number of hydrogen-bond acceptors (Lipinski definition) is 0. The summed E-state index contributed by atoms with van der Waals surface area (Å²) < 4.78 is 0. The Labute approximate surface area is 186 Å². The lowest BCUT2D eigenvalue weighted by molar-refractivity contribution is 0.428. The highest BCUT2D eigenvalue weighted by Gasteiger charge is 2.03. The van der Waals surface area contributed by atoms with Gasteiger partial charge in [0, 0.05) is 0 Å². The van der Waals surface area contributed by atoms with Gasteiger partial charge in [0.1, 0.15) is 0 Å². The highest BCUT2D eigenvalue weighted by Crippen LogP contribution is 2.19. The Morgan fingerprint density at radius 2 is 0.862 bits per heavy atom. The van der Waals surface area contributed by atoms with Gasteiger partial charge in [-0.05, 0) is 24.7 Å². The first-order valence-electron chi connectivity index (χ1n) is 13.9. The molecule has 0 aromatic carbocycles. The second-order valence-electron chi connectivity index (χ2n) is 10.0. The number of unbranched alkanes of at least 4 members (excludes halogenated alkanes) is 14. The molecule has 0 aliphatic heterocycles. The fraction of sp³-hybridized carbons (Fsp3) is 0.931. The standard InChI is InChI=1S/C29H58/c1-5-7-9-11-12-13-14-17-21-26-29(4)27-23-19-16-15-18-22-25-28(3)24-20-10-8-6-2/h10,20,28-29H,5-9,11-19,21-27H2,1-4H3. The van der Waals surface area contributed by atoms with Crippen LogP contribution in [0, 0.1) is 11.8 Å². The summed E-state index contributed by atoms with van der Waals surface area (Å²) in [7, 11) is 0. The van der Waals surface area contributed by atoms with Gasteiger partial charge in [0.15, 0.2) is 0 Å². The van der Waals surface area contributed by atoms with Gasteiger partial charge in [-0.15, -0.1) is 0 Å². The van der Waals surface area contributed by atoms with Gasteiger partial charge in [0.25, 0.3) is 0 Å². The van der Waals surface area contributed by atoms with E-state index in [2.05, 4.69) is 39.8 Å². The van der Waals surface area contributed by atoms with Crippen LogP contribution in [0.4, 0.5) is 0 Å². The predicted octanol–water partition coefficient (Wildman–Crippen LogP) is 11.0. The molecular weight excluding hydrogens is 348 g/mol. The van der Waals surface area contributed by atoms with Crippen molar-refractivity contribution in [2.24, 2.45) is 11.8 Å². The van der Waals surface area contributed by atoms with Crippen molar-refractivity contribution >= 4 is 0 Å². The van der Waals surface area contributed by atoms with Gasteiger partial charge in [-0.1, -0.05) is 162 Å². The Hall–Kier alpha value is -0.260. The van der Waals surface area contributed by atoms with E-state index in [0.29, 0.717) is 0 Å². The predicted molar refractivity (Wildman–Crippen MR) is 136 cm³/mol. The first kappa shape index (κ1) is 28.7. The fourth-order valence-electron chi connectivity index (χ4n) is 4.37. The Balaban J connectivity index is 3.26. The van der Waals surface area contributed by atoms with E-state index in [1.54, 1.807) is 0 Å². The zero-order valence-corrected chi connectivity index (χ0v) is 21.2.